The first-order chi connectivity index (χ1) is 13.3. The number of halogens is 3. The van der Waals surface area contributed by atoms with Gasteiger partial charge in [-0.05, 0) is 83.2 Å². The highest BCUT2D eigenvalue weighted by molar-refractivity contribution is 9.10. The minimum absolute atomic E-state index is 0.160. The molecule has 28 heavy (non-hydrogen) atoms. The second-order valence-corrected chi connectivity index (χ2v) is 8.38. The third-order valence-corrected chi connectivity index (χ3v) is 6.12. The van der Waals surface area contributed by atoms with E-state index in [2.05, 4.69) is 15.9 Å². The van der Waals surface area contributed by atoms with Crippen LogP contribution in [0.15, 0.2) is 53.1 Å². The number of benzene rings is 2. The van der Waals surface area contributed by atoms with E-state index in [4.69, 9.17) is 23.2 Å². The molecule has 1 unspecified atom stereocenters. The maximum Gasteiger partial charge on any atom is 0.337 e. The average Bonchev–Trinajstić information content (AvgIpc) is 2.99. The summed E-state index contributed by atoms with van der Waals surface area (Å²) in [6, 6.07) is 15.1. The number of nitrogens with zero attached hydrogens (tertiary/aromatic N) is 1. The van der Waals surface area contributed by atoms with Crippen molar-refractivity contribution in [3.63, 3.8) is 0 Å². The van der Waals surface area contributed by atoms with Gasteiger partial charge in [-0.25, -0.2) is 4.79 Å². The van der Waals surface area contributed by atoms with Gasteiger partial charge >= 0.3 is 5.97 Å². The Labute approximate surface area is 183 Å². The van der Waals surface area contributed by atoms with Crippen LogP contribution in [0.5, 0.6) is 0 Å². The van der Waals surface area contributed by atoms with Crippen molar-refractivity contribution >= 4 is 45.1 Å². The van der Waals surface area contributed by atoms with Gasteiger partial charge in [0.15, 0.2) is 0 Å². The first-order valence-corrected chi connectivity index (χ1v) is 10.5. The number of aryl methyl sites for hydroxylation is 1. The van der Waals surface area contributed by atoms with E-state index >= 15 is 0 Å². The SMILES string of the molecule is CCn1c(Br)cc(C(=O)O)c1C(Cc1cc(Cl)ccc1C)c1ccc(Cl)cc1. The molecule has 0 fully saturated rings. The van der Waals surface area contributed by atoms with Gasteiger partial charge in [0.1, 0.15) is 0 Å². The molecule has 0 aliphatic heterocycles. The van der Waals surface area contributed by atoms with E-state index in [0.717, 1.165) is 27.0 Å². The van der Waals surface area contributed by atoms with Crippen molar-refractivity contribution in [2.75, 3.05) is 0 Å². The van der Waals surface area contributed by atoms with Crippen LogP contribution in [0.1, 0.15) is 45.6 Å². The molecular weight excluding hydrogens is 461 g/mol. The third-order valence-electron chi connectivity index (χ3n) is 4.97. The van der Waals surface area contributed by atoms with E-state index in [1.807, 2.05) is 60.9 Å². The van der Waals surface area contributed by atoms with Crippen LogP contribution < -0.4 is 0 Å². The van der Waals surface area contributed by atoms with E-state index in [9.17, 15) is 9.90 Å². The minimum atomic E-state index is -0.940. The van der Waals surface area contributed by atoms with Crippen molar-refractivity contribution in [3.05, 3.63) is 91.1 Å². The Morgan fingerprint density at radius 3 is 2.36 bits per heavy atom. The maximum absolute atomic E-state index is 12.0. The lowest BCUT2D eigenvalue weighted by Crippen LogP contribution is -2.15. The maximum atomic E-state index is 12.0. The molecule has 1 N–H and O–H groups in total. The standard InChI is InChI=1S/C22H20BrCl2NO2/c1-3-26-20(23)12-19(22(27)28)21(26)18(14-5-8-16(24)9-6-14)11-15-10-17(25)7-4-13(15)2/h4-10,12,18H,3,11H2,1-2H3,(H,27,28). The average molecular weight is 481 g/mol. The molecule has 6 heteroatoms. The summed E-state index contributed by atoms with van der Waals surface area (Å²) < 4.78 is 2.76. The number of hydrogen-bond donors (Lipinski definition) is 1. The highest BCUT2D eigenvalue weighted by atomic mass is 79.9. The molecule has 0 spiro atoms. The number of aromatic nitrogens is 1. The molecule has 3 nitrogen and oxygen atoms in total. The zero-order valence-corrected chi connectivity index (χ0v) is 18.6. The molecule has 0 amide bonds. The number of carboxylic acids is 1. The van der Waals surface area contributed by atoms with Gasteiger partial charge in [-0.1, -0.05) is 41.4 Å². The van der Waals surface area contributed by atoms with Crippen molar-refractivity contribution in [1.82, 2.24) is 4.57 Å². The van der Waals surface area contributed by atoms with Crippen LogP contribution in [0, 0.1) is 6.92 Å². The number of aromatic carboxylic acids is 1. The number of carboxylic acid groups (broad SMARTS) is 1. The monoisotopic (exact) mass is 479 g/mol. The quantitative estimate of drug-likeness (QED) is 0.414. The second kappa shape index (κ2) is 8.73. The Hall–Kier alpha value is -1.75. The predicted octanol–water partition coefficient (Wildman–Crippen LogP) is 6.96. The molecule has 1 heterocycles. The number of hydrogen-bond acceptors (Lipinski definition) is 1. The van der Waals surface area contributed by atoms with Crippen LogP contribution in [-0.2, 0) is 13.0 Å². The first kappa shape index (κ1) is 21.0. The van der Waals surface area contributed by atoms with Crippen LogP contribution in [0.3, 0.4) is 0 Å². The zero-order valence-electron chi connectivity index (χ0n) is 15.5. The third kappa shape index (κ3) is 4.29. The fourth-order valence-corrected chi connectivity index (χ4v) is 4.54. The molecular formula is C22H20BrCl2NO2. The lowest BCUT2D eigenvalue weighted by atomic mass is 9.86. The van der Waals surface area contributed by atoms with Gasteiger partial charge < -0.3 is 9.67 Å². The Kier molecular flexibility index (Phi) is 6.54. The van der Waals surface area contributed by atoms with Crippen molar-refractivity contribution in [3.8, 4) is 0 Å². The van der Waals surface area contributed by atoms with E-state index < -0.39 is 5.97 Å². The summed E-state index contributed by atoms with van der Waals surface area (Å²) in [6.45, 7) is 4.70. The van der Waals surface area contributed by atoms with Crippen LogP contribution in [-0.4, -0.2) is 15.6 Å². The fraction of sp³-hybridized carbons (Fsp3) is 0.227. The predicted molar refractivity (Wildman–Crippen MR) is 118 cm³/mol. The molecule has 0 bridgehead atoms. The van der Waals surface area contributed by atoms with Gasteiger partial charge in [0.25, 0.3) is 0 Å². The smallest absolute Gasteiger partial charge is 0.337 e. The molecule has 0 saturated carbocycles. The van der Waals surface area contributed by atoms with Crippen LogP contribution in [0.2, 0.25) is 10.0 Å². The van der Waals surface area contributed by atoms with Crippen molar-refractivity contribution < 1.29 is 9.90 Å². The van der Waals surface area contributed by atoms with Crippen molar-refractivity contribution in [2.45, 2.75) is 32.7 Å². The van der Waals surface area contributed by atoms with Gasteiger partial charge in [0.05, 0.1) is 10.2 Å². The summed E-state index contributed by atoms with van der Waals surface area (Å²) in [5, 5.41) is 11.1. The topological polar surface area (TPSA) is 42.2 Å². The summed E-state index contributed by atoms with van der Waals surface area (Å²) in [4.78, 5) is 12.0. The molecule has 0 aliphatic rings. The highest BCUT2D eigenvalue weighted by Gasteiger charge is 2.27. The molecule has 1 atom stereocenters. The molecule has 3 rings (SSSR count). The van der Waals surface area contributed by atoms with Gasteiger partial charge in [-0.3, -0.25) is 0 Å². The summed E-state index contributed by atoms with van der Waals surface area (Å²) in [7, 11) is 0. The molecule has 146 valence electrons. The normalized spacial score (nSPS) is 12.2. The Morgan fingerprint density at radius 2 is 1.75 bits per heavy atom. The minimum Gasteiger partial charge on any atom is -0.478 e. The van der Waals surface area contributed by atoms with E-state index in [0.29, 0.717) is 28.6 Å². The van der Waals surface area contributed by atoms with Crippen molar-refractivity contribution in [2.24, 2.45) is 0 Å². The molecule has 0 saturated heterocycles. The zero-order chi connectivity index (χ0) is 20.4. The van der Waals surface area contributed by atoms with Crippen LogP contribution >= 0.6 is 39.1 Å². The molecule has 1 aromatic heterocycles. The molecule has 2 aromatic carbocycles. The lowest BCUT2D eigenvalue weighted by Gasteiger charge is -2.23. The van der Waals surface area contributed by atoms with Crippen molar-refractivity contribution in [1.29, 1.82) is 0 Å². The van der Waals surface area contributed by atoms with Gasteiger partial charge in [-0.15, -0.1) is 0 Å². The Bertz CT molecular complexity index is 1010. The first-order valence-electron chi connectivity index (χ1n) is 8.94. The number of carbonyl (C=O) groups is 1. The second-order valence-electron chi connectivity index (χ2n) is 6.69. The van der Waals surface area contributed by atoms with E-state index in [-0.39, 0.29) is 5.92 Å². The summed E-state index contributed by atoms with van der Waals surface area (Å²) >= 11 is 15.8. The Balaban J connectivity index is 2.21. The van der Waals surface area contributed by atoms with Gasteiger partial charge in [0, 0.05) is 28.2 Å². The number of rotatable bonds is 6. The summed E-state index contributed by atoms with van der Waals surface area (Å²) in [5.74, 6) is -1.10. The van der Waals surface area contributed by atoms with E-state index in [1.54, 1.807) is 6.07 Å². The largest absolute Gasteiger partial charge is 0.478 e. The van der Waals surface area contributed by atoms with Gasteiger partial charge in [0.2, 0.25) is 0 Å². The lowest BCUT2D eigenvalue weighted by molar-refractivity contribution is 0.0695. The van der Waals surface area contributed by atoms with Crippen LogP contribution in [0.25, 0.3) is 0 Å². The fourth-order valence-electron chi connectivity index (χ4n) is 3.55. The van der Waals surface area contributed by atoms with Crippen LogP contribution in [0.4, 0.5) is 0 Å². The highest BCUT2D eigenvalue weighted by Crippen LogP contribution is 2.36. The molecule has 3 aromatic rings. The molecule has 0 radical (unpaired) electrons. The Morgan fingerprint density at radius 1 is 1.11 bits per heavy atom. The van der Waals surface area contributed by atoms with E-state index in [1.165, 1.54) is 0 Å². The molecule has 0 aliphatic carbocycles. The van der Waals surface area contributed by atoms with Gasteiger partial charge in [-0.2, -0.15) is 0 Å². The summed E-state index contributed by atoms with van der Waals surface area (Å²) in [5.41, 5.74) is 4.28. The summed E-state index contributed by atoms with van der Waals surface area (Å²) in [6.07, 6.45) is 0.630.